The van der Waals surface area contributed by atoms with Crippen molar-refractivity contribution in [1.82, 2.24) is 20.2 Å². The Labute approximate surface area is 131 Å². The molecule has 8 heteroatoms. The molecule has 122 valence electrons. The predicted molar refractivity (Wildman–Crippen MR) is 88.0 cm³/mol. The quantitative estimate of drug-likeness (QED) is 0.567. The molecule has 1 aromatic heterocycles. The summed E-state index contributed by atoms with van der Waals surface area (Å²) in [6, 6.07) is 0.191. The van der Waals surface area contributed by atoms with Gasteiger partial charge in [0.15, 0.2) is 5.03 Å². The minimum absolute atomic E-state index is 0.0942. The van der Waals surface area contributed by atoms with E-state index in [1.165, 1.54) is 0 Å². The van der Waals surface area contributed by atoms with Gasteiger partial charge in [-0.15, -0.1) is 0 Å². The highest BCUT2D eigenvalue weighted by Gasteiger charge is 2.22. The van der Waals surface area contributed by atoms with Crippen LogP contribution >= 0.6 is 11.8 Å². The molecule has 0 saturated heterocycles. The van der Waals surface area contributed by atoms with Gasteiger partial charge >= 0.3 is 0 Å². The minimum Gasteiger partial charge on any atom is -0.310 e. The van der Waals surface area contributed by atoms with E-state index in [1.54, 1.807) is 6.20 Å². The maximum absolute atomic E-state index is 12.4. The summed E-state index contributed by atoms with van der Waals surface area (Å²) in [5.74, 6) is 2.00. The molecule has 0 aliphatic heterocycles. The van der Waals surface area contributed by atoms with Crippen LogP contribution in [0, 0.1) is 0 Å². The number of aromatic nitrogens is 2. The monoisotopic (exact) mass is 334 g/mol. The summed E-state index contributed by atoms with van der Waals surface area (Å²) < 4.78 is 27.5. The van der Waals surface area contributed by atoms with Crippen LogP contribution in [0.5, 0.6) is 0 Å². The van der Waals surface area contributed by atoms with Crippen LogP contribution in [0.1, 0.15) is 39.7 Å². The third-order valence-corrected chi connectivity index (χ3v) is 5.44. The van der Waals surface area contributed by atoms with E-state index in [0.717, 1.165) is 17.9 Å². The standard InChI is InChI=1S/C13H26N4O2S2/c1-5-20-7-6-11(4)17-21(18,19)13-12(9-15-16-13)8-14-10(2)3/h9-11,14,17H,5-8H2,1-4H3,(H,15,16). The number of hydrogen-bond donors (Lipinski definition) is 3. The molecule has 21 heavy (non-hydrogen) atoms. The van der Waals surface area contributed by atoms with Crippen LogP contribution in [-0.2, 0) is 16.6 Å². The zero-order valence-electron chi connectivity index (χ0n) is 13.1. The molecule has 0 amide bonds. The van der Waals surface area contributed by atoms with Crippen molar-refractivity contribution in [2.75, 3.05) is 11.5 Å². The van der Waals surface area contributed by atoms with Crippen molar-refractivity contribution in [1.29, 1.82) is 0 Å². The first-order valence-electron chi connectivity index (χ1n) is 7.22. The number of thioether (sulfide) groups is 1. The average Bonchev–Trinajstić information content (AvgIpc) is 2.85. The summed E-state index contributed by atoms with van der Waals surface area (Å²) in [6.45, 7) is 8.48. The second-order valence-electron chi connectivity index (χ2n) is 5.27. The van der Waals surface area contributed by atoms with Crippen molar-refractivity contribution in [2.24, 2.45) is 0 Å². The Kier molecular flexibility index (Phi) is 7.72. The SMILES string of the molecule is CCSCCC(C)NS(=O)(=O)c1[nH]ncc1CNC(C)C. The van der Waals surface area contributed by atoms with Crippen LogP contribution in [0.3, 0.4) is 0 Å². The lowest BCUT2D eigenvalue weighted by atomic mass is 10.3. The Balaban J connectivity index is 2.67. The molecule has 0 spiro atoms. The van der Waals surface area contributed by atoms with Gasteiger partial charge in [0.1, 0.15) is 0 Å². The van der Waals surface area contributed by atoms with Gasteiger partial charge in [0.05, 0.1) is 6.20 Å². The molecule has 1 unspecified atom stereocenters. The first-order valence-corrected chi connectivity index (χ1v) is 9.86. The number of rotatable bonds is 10. The molecule has 1 aromatic rings. The number of aromatic amines is 1. The molecule has 0 saturated carbocycles. The van der Waals surface area contributed by atoms with Gasteiger partial charge in [0, 0.05) is 24.2 Å². The summed E-state index contributed by atoms with van der Waals surface area (Å²) in [5.41, 5.74) is 0.659. The zero-order chi connectivity index (χ0) is 15.9. The van der Waals surface area contributed by atoms with Crippen molar-refractivity contribution in [3.63, 3.8) is 0 Å². The number of nitrogens with zero attached hydrogens (tertiary/aromatic N) is 1. The fourth-order valence-electron chi connectivity index (χ4n) is 1.76. The van der Waals surface area contributed by atoms with E-state index in [2.05, 4.69) is 27.2 Å². The average molecular weight is 335 g/mol. The van der Waals surface area contributed by atoms with Crippen LogP contribution < -0.4 is 10.0 Å². The Morgan fingerprint density at radius 3 is 2.71 bits per heavy atom. The summed E-state index contributed by atoms with van der Waals surface area (Å²) in [5, 5.41) is 9.82. The topological polar surface area (TPSA) is 86.9 Å². The maximum Gasteiger partial charge on any atom is 0.258 e. The van der Waals surface area contributed by atoms with E-state index >= 15 is 0 Å². The molecule has 0 aliphatic carbocycles. The van der Waals surface area contributed by atoms with Gasteiger partial charge in [-0.1, -0.05) is 20.8 Å². The summed E-state index contributed by atoms with van der Waals surface area (Å²) >= 11 is 1.81. The third kappa shape index (κ3) is 6.37. The Bertz CT molecular complexity index is 514. The van der Waals surface area contributed by atoms with Crippen LogP contribution in [0.25, 0.3) is 0 Å². The molecule has 1 atom stereocenters. The van der Waals surface area contributed by atoms with E-state index in [4.69, 9.17) is 0 Å². The summed E-state index contributed by atoms with van der Waals surface area (Å²) in [6.07, 6.45) is 2.37. The van der Waals surface area contributed by atoms with Gasteiger partial charge in [-0.05, 0) is 24.9 Å². The Morgan fingerprint density at radius 2 is 2.10 bits per heavy atom. The van der Waals surface area contributed by atoms with E-state index in [-0.39, 0.29) is 17.1 Å². The lowest BCUT2D eigenvalue weighted by Crippen LogP contribution is -2.34. The van der Waals surface area contributed by atoms with Gasteiger partial charge < -0.3 is 5.32 Å². The van der Waals surface area contributed by atoms with E-state index in [0.29, 0.717) is 12.1 Å². The Morgan fingerprint density at radius 1 is 1.38 bits per heavy atom. The molecule has 6 nitrogen and oxygen atoms in total. The number of sulfonamides is 1. The van der Waals surface area contributed by atoms with Gasteiger partial charge in [0.2, 0.25) is 0 Å². The van der Waals surface area contributed by atoms with Crippen molar-refractivity contribution in [2.45, 2.75) is 57.8 Å². The molecule has 1 rings (SSSR count). The lowest BCUT2D eigenvalue weighted by Gasteiger charge is -2.14. The first kappa shape index (κ1) is 18.5. The lowest BCUT2D eigenvalue weighted by molar-refractivity contribution is 0.547. The number of nitrogens with one attached hydrogen (secondary N) is 3. The number of hydrogen-bond acceptors (Lipinski definition) is 5. The summed E-state index contributed by atoms with van der Waals surface area (Å²) in [4.78, 5) is 0. The second kappa shape index (κ2) is 8.77. The number of H-pyrrole nitrogens is 1. The maximum atomic E-state index is 12.4. The minimum atomic E-state index is -3.55. The fourth-order valence-corrected chi connectivity index (χ4v) is 3.98. The van der Waals surface area contributed by atoms with Crippen molar-refractivity contribution in [3.05, 3.63) is 11.8 Å². The molecule has 0 fully saturated rings. The molecule has 0 radical (unpaired) electrons. The van der Waals surface area contributed by atoms with E-state index < -0.39 is 10.0 Å². The van der Waals surface area contributed by atoms with E-state index in [1.807, 2.05) is 32.5 Å². The third-order valence-electron chi connectivity index (χ3n) is 2.90. The highest BCUT2D eigenvalue weighted by molar-refractivity contribution is 7.99. The largest absolute Gasteiger partial charge is 0.310 e. The van der Waals surface area contributed by atoms with Gasteiger partial charge in [-0.25, -0.2) is 13.1 Å². The molecule has 3 N–H and O–H groups in total. The van der Waals surface area contributed by atoms with Gasteiger partial charge in [-0.2, -0.15) is 16.9 Å². The molecule has 0 aromatic carbocycles. The van der Waals surface area contributed by atoms with Gasteiger partial charge in [-0.3, -0.25) is 5.10 Å². The van der Waals surface area contributed by atoms with Crippen molar-refractivity contribution >= 4 is 21.8 Å². The first-order chi connectivity index (χ1) is 9.86. The molecular formula is C13H26N4O2S2. The second-order valence-corrected chi connectivity index (χ2v) is 8.31. The normalized spacial score (nSPS) is 13.8. The van der Waals surface area contributed by atoms with Crippen LogP contribution in [0.2, 0.25) is 0 Å². The smallest absolute Gasteiger partial charge is 0.258 e. The van der Waals surface area contributed by atoms with Crippen molar-refractivity contribution < 1.29 is 8.42 Å². The highest BCUT2D eigenvalue weighted by atomic mass is 32.2. The fraction of sp³-hybridized carbons (Fsp3) is 0.769. The Hall–Kier alpha value is -0.570. The molecule has 0 aliphatic rings. The zero-order valence-corrected chi connectivity index (χ0v) is 14.8. The molecule has 1 heterocycles. The van der Waals surface area contributed by atoms with E-state index in [9.17, 15) is 8.42 Å². The molecular weight excluding hydrogens is 308 g/mol. The van der Waals surface area contributed by atoms with Crippen LogP contribution in [0.4, 0.5) is 0 Å². The van der Waals surface area contributed by atoms with Crippen LogP contribution in [-0.4, -0.2) is 42.2 Å². The summed E-state index contributed by atoms with van der Waals surface area (Å²) in [7, 11) is -3.55. The van der Waals surface area contributed by atoms with Crippen LogP contribution in [0.15, 0.2) is 11.2 Å². The van der Waals surface area contributed by atoms with Crippen molar-refractivity contribution in [3.8, 4) is 0 Å². The highest BCUT2D eigenvalue weighted by Crippen LogP contribution is 2.13. The predicted octanol–water partition coefficient (Wildman–Crippen LogP) is 1.72. The molecule has 0 bridgehead atoms. The van der Waals surface area contributed by atoms with Gasteiger partial charge in [0.25, 0.3) is 10.0 Å².